The molecule has 0 aliphatic rings. The molecule has 17 heavy (non-hydrogen) atoms. The van der Waals surface area contributed by atoms with Crippen LogP contribution in [0.5, 0.6) is 0 Å². The molecule has 1 aromatic carbocycles. The van der Waals surface area contributed by atoms with Crippen LogP contribution >= 0.6 is 27.5 Å². The summed E-state index contributed by atoms with van der Waals surface area (Å²) in [6, 6.07) is 2.22. The van der Waals surface area contributed by atoms with Crippen molar-refractivity contribution in [3.63, 3.8) is 0 Å². The maximum atomic E-state index is 12.8. The molecule has 6 heteroatoms. The number of halogens is 5. The van der Waals surface area contributed by atoms with Crippen LogP contribution < -0.4 is 0 Å². The van der Waals surface area contributed by atoms with Crippen LogP contribution in [0.4, 0.5) is 13.2 Å². The van der Waals surface area contributed by atoms with Gasteiger partial charge in [-0.2, -0.15) is 13.2 Å². The van der Waals surface area contributed by atoms with Crippen molar-refractivity contribution in [1.29, 1.82) is 0 Å². The van der Waals surface area contributed by atoms with Crippen molar-refractivity contribution in [2.24, 2.45) is 0 Å². The molecule has 0 aliphatic carbocycles. The van der Waals surface area contributed by atoms with E-state index in [0.29, 0.717) is 0 Å². The molecule has 0 radical (unpaired) electrons. The van der Waals surface area contributed by atoms with Gasteiger partial charge in [0, 0.05) is 15.1 Å². The van der Waals surface area contributed by atoms with Crippen LogP contribution in [0.1, 0.15) is 18.1 Å². The molecule has 0 saturated carbocycles. The molecule has 0 unspecified atom stereocenters. The highest BCUT2D eigenvalue weighted by atomic mass is 79.9. The number of hydrogen-bond acceptors (Lipinski definition) is 1. The summed E-state index contributed by atoms with van der Waals surface area (Å²) in [6.45, 7) is 5.39. The van der Waals surface area contributed by atoms with E-state index in [-0.39, 0.29) is 27.4 Å². The molecular formula is C11H9BrClF3O. The predicted molar refractivity (Wildman–Crippen MR) is 64.8 cm³/mol. The third kappa shape index (κ3) is 3.39. The lowest BCUT2D eigenvalue weighted by atomic mass is 10.1. The van der Waals surface area contributed by atoms with Crippen LogP contribution in [0.3, 0.4) is 0 Å². The average molecular weight is 330 g/mol. The number of rotatable bonds is 3. The molecule has 0 bridgehead atoms. The second kappa shape index (κ2) is 5.31. The van der Waals surface area contributed by atoms with Gasteiger partial charge in [0.25, 0.3) is 0 Å². The summed E-state index contributed by atoms with van der Waals surface area (Å²) in [7, 11) is 0. The van der Waals surface area contributed by atoms with E-state index in [1.165, 1.54) is 6.07 Å². The highest BCUT2D eigenvalue weighted by Gasteiger charge is 2.35. The van der Waals surface area contributed by atoms with Crippen molar-refractivity contribution < 1.29 is 17.9 Å². The monoisotopic (exact) mass is 328 g/mol. The molecule has 0 N–H and O–H groups in total. The molecule has 0 aromatic heterocycles. The second-order valence-corrected chi connectivity index (χ2v) is 4.45. The van der Waals surface area contributed by atoms with Gasteiger partial charge in [-0.25, -0.2) is 0 Å². The van der Waals surface area contributed by atoms with Crippen LogP contribution in [-0.4, -0.2) is 6.61 Å². The fourth-order valence-electron chi connectivity index (χ4n) is 1.33. The Hall–Kier alpha value is -0.680. The van der Waals surface area contributed by atoms with Gasteiger partial charge in [0.05, 0.1) is 12.2 Å². The average Bonchev–Trinajstić information content (AvgIpc) is 2.15. The van der Waals surface area contributed by atoms with Crippen LogP contribution in [-0.2, 0) is 10.9 Å². The maximum absolute atomic E-state index is 12.8. The minimum Gasteiger partial charge on any atom is -0.494 e. The van der Waals surface area contributed by atoms with E-state index in [1.54, 1.807) is 6.92 Å². The molecule has 0 saturated heterocycles. The van der Waals surface area contributed by atoms with Crippen LogP contribution in [0.2, 0.25) is 5.02 Å². The number of ether oxygens (including phenoxy) is 1. The molecule has 94 valence electrons. The Labute approximate surface area is 110 Å². The highest BCUT2D eigenvalue weighted by Crippen LogP contribution is 2.40. The Bertz CT molecular complexity index is 443. The van der Waals surface area contributed by atoms with E-state index in [1.807, 2.05) is 0 Å². The molecule has 1 nitrogen and oxygen atoms in total. The maximum Gasteiger partial charge on any atom is 0.417 e. The van der Waals surface area contributed by atoms with Gasteiger partial charge in [-0.15, -0.1) is 0 Å². The number of benzene rings is 1. The molecule has 0 aliphatic heterocycles. The largest absolute Gasteiger partial charge is 0.494 e. The predicted octanol–water partition coefficient (Wildman–Crippen LogP) is 5.13. The molecule has 0 spiro atoms. The Morgan fingerprint density at radius 3 is 2.53 bits per heavy atom. The first-order valence-electron chi connectivity index (χ1n) is 4.65. The zero-order valence-corrected chi connectivity index (χ0v) is 11.2. The number of alkyl halides is 3. The van der Waals surface area contributed by atoms with Gasteiger partial charge in [-0.05, 0) is 35.0 Å². The standard InChI is InChI=1S/C11H9BrClF3O/c1-3-17-6(2)10-8(11(14,15)16)4-7(13)5-9(10)12/h4-5H,2-3H2,1H3. The molecule has 0 fully saturated rings. The van der Waals surface area contributed by atoms with Gasteiger partial charge in [0.15, 0.2) is 0 Å². The van der Waals surface area contributed by atoms with E-state index in [0.717, 1.165) is 6.07 Å². The van der Waals surface area contributed by atoms with Crippen molar-refractivity contribution in [3.8, 4) is 0 Å². The van der Waals surface area contributed by atoms with Gasteiger partial charge >= 0.3 is 6.18 Å². The third-order valence-corrected chi connectivity index (χ3v) is 2.80. The summed E-state index contributed by atoms with van der Waals surface area (Å²) in [6.07, 6.45) is -4.51. The Balaban J connectivity index is 3.41. The van der Waals surface area contributed by atoms with Crippen LogP contribution in [0.25, 0.3) is 5.76 Å². The first-order chi connectivity index (χ1) is 7.77. The smallest absolute Gasteiger partial charge is 0.417 e. The summed E-state index contributed by atoms with van der Waals surface area (Å²) < 4.78 is 43.7. The first-order valence-corrected chi connectivity index (χ1v) is 5.82. The summed E-state index contributed by atoms with van der Waals surface area (Å²) in [5.74, 6) is -0.0385. The Kier molecular flexibility index (Phi) is 4.49. The first kappa shape index (κ1) is 14.4. The summed E-state index contributed by atoms with van der Waals surface area (Å²) in [5.41, 5.74) is -0.987. The fourth-order valence-corrected chi connectivity index (χ4v) is 2.36. The van der Waals surface area contributed by atoms with Crippen LogP contribution in [0, 0.1) is 0 Å². The van der Waals surface area contributed by atoms with Crippen molar-refractivity contribution in [2.45, 2.75) is 13.1 Å². The highest BCUT2D eigenvalue weighted by molar-refractivity contribution is 9.10. The summed E-state index contributed by atoms with van der Waals surface area (Å²) in [5, 5.41) is -0.00255. The SMILES string of the molecule is C=C(OCC)c1c(Br)cc(Cl)cc1C(F)(F)F. The lowest BCUT2D eigenvalue weighted by molar-refractivity contribution is -0.138. The topological polar surface area (TPSA) is 9.23 Å². The number of hydrogen-bond donors (Lipinski definition) is 0. The fraction of sp³-hybridized carbons (Fsp3) is 0.273. The molecular weight excluding hydrogens is 320 g/mol. The van der Waals surface area contributed by atoms with Crippen molar-refractivity contribution >= 4 is 33.3 Å². The molecule has 0 heterocycles. The van der Waals surface area contributed by atoms with Crippen LogP contribution in [0.15, 0.2) is 23.2 Å². The molecule has 1 rings (SSSR count). The molecule has 1 aromatic rings. The zero-order valence-electron chi connectivity index (χ0n) is 8.87. The van der Waals surface area contributed by atoms with Gasteiger partial charge in [0.1, 0.15) is 5.76 Å². The summed E-state index contributed by atoms with van der Waals surface area (Å²) >= 11 is 8.65. The quantitative estimate of drug-likeness (QED) is 0.699. The normalized spacial score (nSPS) is 11.4. The lowest BCUT2D eigenvalue weighted by Crippen LogP contribution is -2.10. The van der Waals surface area contributed by atoms with Gasteiger partial charge < -0.3 is 4.74 Å². The van der Waals surface area contributed by atoms with E-state index in [4.69, 9.17) is 16.3 Å². The Morgan fingerprint density at radius 2 is 2.06 bits per heavy atom. The van der Waals surface area contributed by atoms with Gasteiger partial charge in [-0.1, -0.05) is 18.2 Å². The third-order valence-electron chi connectivity index (χ3n) is 1.96. The van der Waals surface area contributed by atoms with Crippen molar-refractivity contribution in [3.05, 3.63) is 39.3 Å². The molecule has 0 atom stereocenters. The van der Waals surface area contributed by atoms with Crippen molar-refractivity contribution in [1.82, 2.24) is 0 Å². The van der Waals surface area contributed by atoms with E-state index in [2.05, 4.69) is 22.5 Å². The van der Waals surface area contributed by atoms with Gasteiger partial charge in [0.2, 0.25) is 0 Å². The minimum absolute atomic E-state index is 0.00255. The van der Waals surface area contributed by atoms with Crippen molar-refractivity contribution in [2.75, 3.05) is 6.61 Å². The Morgan fingerprint density at radius 1 is 1.47 bits per heavy atom. The van der Waals surface area contributed by atoms with E-state index >= 15 is 0 Å². The zero-order chi connectivity index (χ0) is 13.2. The minimum atomic E-state index is -4.51. The molecule has 0 amide bonds. The second-order valence-electron chi connectivity index (χ2n) is 3.16. The van der Waals surface area contributed by atoms with E-state index in [9.17, 15) is 13.2 Å². The van der Waals surface area contributed by atoms with Gasteiger partial charge in [-0.3, -0.25) is 0 Å². The summed E-state index contributed by atoms with van der Waals surface area (Å²) in [4.78, 5) is 0. The lowest BCUT2D eigenvalue weighted by Gasteiger charge is -2.17. The van der Waals surface area contributed by atoms with E-state index < -0.39 is 11.7 Å².